The molecule has 0 aromatic carbocycles. The number of nitrogens with zero attached hydrogens (tertiary/aromatic N) is 6. The largest absolute Gasteiger partial charge is 0.443 e. The maximum Gasteiger partial charge on any atom is 0.310 e. The van der Waals surface area contributed by atoms with E-state index in [4.69, 9.17) is 4.42 Å². The van der Waals surface area contributed by atoms with Crippen LogP contribution in [0.1, 0.15) is 36.1 Å². The smallest absolute Gasteiger partial charge is 0.310 e. The molecule has 0 unspecified atom stereocenters. The number of piperazine rings is 1. The molecule has 2 fully saturated rings. The first-order valence-corrected chi connectivity index (χ1v) is 9.99. The maximum absolute atomic E-state index is 13.3. The van der Waals surface area contributed by atoms with Crippen LogP contribution in [0.2, 0.25) is 0 Å². The van der Waals surface area contributed by atoms with Crippen LogP contribution in [0.15, 0.2) is 22.7 Å². The van der Waals surface area contributed by atoms with Crippen LogP contribution in [0.3, 0.4) is 0 Å². The van der Waals surface area contributed by atoms with Gasteiger partial charge >= 0.3 is 6.08 Å². The lowest BCUT2D eigenvalue weighted by molar-refractivity contribution is 0.0734. The van der Waals surface area contributed by atoms with Crippen molar-refractivity contribution in [1.29, 1.82) is 0 Å². The Kier molecular flexibility index (Phi) is 4.30. The van der Waals surface area contributed by atoms with Gasteiger partial charge in [0, 0.05) is 37.9 Å². The molecule has 0 atom stereocenters. The summed E-state index contributed by atoms with van der Waals surface area (Å²) in [6.07, 6.45) is 2.75. The molecule has 0 radical (unpaired) electrons. The zero-order chi connectivity index (χ0) is 20.9. The lowest BCUT2D eigenvalue weighted by Gasteiger charge is -2.34. The molecule has 1 saturated carbocycles. The van der Waals surface area contributed by atoms with Crippen molar-refractivity contribution < 1.29 is 13.6 Å². The highest BCUT2D eigenvalue weighted by molar-refractivity contribution is 5.95. The molecule has 4 heterocycles. The zero-order valence-electron chi connectivity index (χ0n) is 16.9. The normalized spacial score (nSPS) is 18.0. The summed E-state index contributed by atoms with van der Waals surface area (Å²) in [7, 11) is 0. The third kappa shape index (κ3) is 3.53. The Labute approximate surface area is 172 Å². The van der Waals surface area contributed by atoms with Crippen LogP contribution < -0.4 is 10.2 Å². The van der Waals surface area contributed by atoms with Gasteiger partial charge in [0.1, 0.15) is 17.4 Å². The predicted octanol–water partition coefficient (Wildman–Crippen LogP) is 2.39. The molecule has 1 N–H and O–H groups in total. The third-order valence-corrected chi connectivity index (χ3v) is 5.63. The van der Waals surface area contributed by atoms with Crippen LogP contribution in [0.25, 0.3) is 11.1 Å². The van der Waals surface area contributed by atoms with E-state index in [9.17, 15) is 9.18 Å². The van der Waals surface area contributed by atoms with E-state index in [-0.39, 0.29) is 17.3 Å². The molecule has 5 rings (SSSR count). The molecule has 0 bridgehead atoms. The van der Waals surface area contributed by atoms with E-state index in [1.807, 2.05) is 17.9 Å². The van der Waals surface area contributed by atoms with Gasteiger partial charge in [0.15, 0.2) is 0 Å². The summed E-state index contributed by atoms with van der Waals surface area (Å²) in [5, 5.41) is 4.23. The minimum absolute atomic E-state index is 0.00517. The van der Waals surface area contributed by atoms with Crippen molar-refractivity contribution >= 4 is 28.6 Å². The standard InChI is InChI=1S/C20H22FN7O2/c1-12-11-13-15(26-20(2)4-5-20)24-16(25-17(13)30-12)18(29)28-9-7-27(8-10-28)14-3-6-22-19(21)23-14/h3,6,11H,4-5,7-10H2,1-2H3,(H,24,25,26). The number of carbonyl (C=O) groups excluding carboxylic acids is 1. The summed E-state index contributed by atoms with van der Waals surface area (Å²) in [4.78, 5) is 33.0. The third-order valence-electron chi connectivity index (χ3n) is 5.63. The molecule has 3 aromatic heterocycles. The number of fused-ring (bicyclic) bond motifs is 1. The number of halogens is 1. The Morgan fingerprint density at radius 2 is 1.97 bits per heavy atom. The molecule has 1 aliphatic carbocycles. The van der Waals surface area contributed by atoms with Crippen LogP contribution in [0.5, 0.6) is 0 Å². The number of rotatable bonds is 4. The Morgan fingerprint density at radius 1 is 1.20 bits per heavy atom. The van der Waals surface area contributed by atoms with Gasteiger partial charge in [0.25, 0.3) is 5.91 Å². The SMILES string of the molecule is Cc1cc2c(NC3(C)CC3)nc(C(=O)N3CCN(c4ccnc(F)n4)CC3)nc2o1. The van der Waals surface area contributed by atoms with Crippen LogP contribution in [-0.2, 0) is 0 Å². The fourth-order valence-electron chi connectivity index (χ4n) is 3.61. The number of hydrogen-bond acceptors (Lipinski definition) is 8. The first kappa shape index (κ1) is 18.7. The molecule has 30 heavy (non-hydrogen) atoms. The summed E-state index contributed by atoms with van der Waals surface area (Å²) in [6, 6.07) is 3.55. The Bertz CT molecular complexity index is 1120. The Morgan fingerprint density at radius 3 is 2.67 bits per heavy atom. The van der Waals surface area contributed by atoms with E-state index in [0.29, 0.717) is 43.5 Å². The van der Waals surface area contributed by atoms with E-state index >= 15 is 0 Å². The van der Waals surface area contributed by atoms with Crippen molar-refractivity contribution in [3.05, 3.63) is 36.0 Å². The van der Waals surface area contributed by atoms with E-state index in [2.05, 4.69) is 32.2 Å². The van der Waals surface area contributed by atoms with Gasteiger partial charge in [0.05, 0.1) is 5.39 Å². The number of nitrogens with one attached hydrogen (secondary N) is 1. The summed E-state index contributed by atoms with van der Waals surface area (Å²) >= 11 is 0. The second kappa shape index (κ2) is 6.89. The molecule has 9 nitrogen and oxygen atoms in total. The average Bonchev–Trinajstić information content (AvgIpc) is 3.33. The van der Waals surface area contributed by atoms with Gasteiger partial charge in [-0.25, -0.2) is 9.97 Å². The van der Waals surface area contributed by atoms with Crippen molar-refractivity contribution in [2.45, 2.75) is 32.2 Å². The first-order valence-electron chi connectivity index (χ1n) is 9.99. The molecular weight excluding hydrogens is 389 g/mol. The highest BCUT2D eigenvalue weighted by Crippen LogP contribution is 2.39. The Hall–Kier alpha value is -3.30. The van der Waals surface area contributed by atoms with Crippen molar-refractivity contribution in [1.82, 2.24) is 24.8 Å². The molecule has 10 heteroatoms. The number of anilines is 2. The van der Waals surface area contributed by atoms with E-state index in [1.54, 1.807) is 11.0 Å². The fraction of sp³-hybridized carbons (Fsp3) is 0.450. The van der Waals surface area contributed by atoms with Crippen LogP contribution in [0.4, 0.5) is 16.0 Å². The topological polar surface area (TPSA) is 100 Å². The molecule has 2 aliphatic rings. The van der Waals surface area contributed by atoms with Crippen molar-refractivity contribution in [2.24, 2.45) is 0 Å². The predicted molar refractivity (Wildman–Crippen MR) is 108 cm³/mol. The highest BCUT2D eigenvalue weighted by Gasteiger charge is 2.38. The van der Waals surface area contributed by atoms with Crippen LogP contribution >= 0.6 is 0 Å². The van der Waals surface area contributed by atoms with Crippen molar-refractivity contribution in [2.75, 3.05) is 36.4 Å². The summed E-state index contributed by atoms with van der Waals surface area (Å²) in [5.41, 5.74) is 0.415. The quantitative estimate of drug-likeness (QED) is 0.653. The monoisotopic (exact) mass is 411 g/mol. The number of furan rings is 1. The molecule has 1 aliphatic heterocycles. The molecular formula is C20H22FN7O2. The van der Waals surface area contributed by atoms with Gasteiger partial charge in [-0.05, 0) is 38.8 Å². The molecule has 0 spiro atoms. The average molecular weight is 411 g/mol. The second-order valence-electron chi connectivity index (χ2n) is 8.12. The van der Waals surface area contributed by atoms with Gasteiger partial charge in [-0.1, -0.05) is 0 Å². The van der Waals surface area contributed by atoms with Gasteiger partial charge < -0.3 is 19.5 Å². The lowest BCUT2D eigenvalue weighted by atomic mass is 10.2. The van der Waals surface area contributed by atoms with Gasteiger partial charge in [0.2, 0.25) is 11.5 Å². The van der Waals surface area contributed by atoms with E-state index in [0.717, 1.165) is 24.0 Å². The van der Waals surface area contributed by atoms with E-state index in [1.165, 1.54) is 6.20 Å². The number of carbonyl (C=O) groups is 1. The van der Waals surface area contributed by atoms with E-state index < -0.39 is 6.08 Å². The van der Waals surface area contributed by atoms with Crippen LogP contribution in [-0.4, -0.2) is 62.5 Å². The highest BCUT2D eigenvalue weighted by atomic mass is 19.1. The summed E-state index contributed by atoms with van der Waals surface area (Å²) < 4.78 is 19.0. The number of amides is 1. The number of hydrogen-bond donors (Lipinski definition) is 1. The zero-order valence-corrected chi connectivity index (χ0v) is 16.9. The van der Waals surface area contributed by atoms with Crippen LogP contribution in [0, 0.1) is 13.0 Å². The number of aryl methyl sites for hydroxylation is 1. The molecule has 1 saturated heterocycles. The summed E-state index contributed by atoms with van der Waals surface area (Å²) in [6.45, 7) is 5.97. The second-order valence-corrected chi connectivity index (χ2v) is 8.12. The number of aromatic nitrogens is 4. The Balaban J connectivity index is 1.36. The molecule has 156 valence electrons. The molecule has 3 aromatic rings. The van der Waals surface area contributed by atoms with Gasteiger partial charge in [-0.15, -0.1) is 0 Å². The molecule has 1 amide bonds. The van der Waals surface area contributed by atoms with Gasteiger partial charge in [-0.3, -0.25) is 4.79 Å². The minimum atomic E-state index is -0.758. The van der Waals surface area contributed by atoms with Crippen molar-refractivity contribution in [3.8, 4) is 0 Å². The maximum atomic E-state index is 13.3. The minimum Gasteiger partial charge on any atom is -0.443 e. The first-order chi connectivity index (χ1) is 14.4. The fourth-order valence-corrected chi connectivity index (χ4v) is 3.61. The van der Waals surface area contributed by atoms with Crippen molar-refractivity contribution in [3.63, 3.8) is 0 Å². The lowest BCUT2D eigenvalue weighted by Crippen LogP contribution is -2.49. The van der Waals surface area contributed by atoms with Gasteiger partial charge in [-0.2, -0.15) is 14.4 Å². The summed E-state index contributed by atoms with van der Waals surface area (Å²) in [5.74, 6) is 1.74.